The number of carbonyl (C=O) groups is 1. The van der Waals surface area contributed by atoms with Gasteiger partial charge in [-0.2, -0.15) is 0 Å². The van der Waals surface area contributed by atoms with E-state index in [4.69, 9.17) is 28.6 Å². The van der Waals surface area contributed by atoms with Gasteiger partial charge >= 0.3 is 5.97 Å². The van der Waals surface area contributed by atoms with Crippen molar-refractivity contribution >= 4 is 40.6 Å². The number of hydrogen-bond acceptors (Lipinski definition) is 3. The first-order valence-corrected chi connectivity index (χ1v) is 10.1. The van der Waals surface area contributed by atoms with Crippen molar-refractivity contribution in [3.63, 3.8) is 0 Å². The van der Waals surface area contributed by atoms with Gasteiger partial charge in [0.05, 0.1) is 23.2 Å². The van der Waals surface area contributed by atoms with Gasteiger partial charge in [-0.05, 0) is 68.2 Å². The molecule has 0 aromatic heterocycles. The molecule has 6 heteroatoms. The Labute approximate surface area is 177 Å². The molecule has 0 heterocycles. The normalized spacial score (nSPS) is 11.8. The third-order valence-electron chi connectivity index (χ3n) is 4.43. The molecular formula is C22H27ClN2O2S. The summed E-state index contributed by atoms with van der Waals surface area (Å²) in [5, 5.41) is 7.38. The molecule has 0 spiro atoms. The fourth-order valence-electron chi connectivity index (χ4n) is 3.05. The zero-order valence-electron chi connectivity index (χ0n) is 16.9. The van der Waals surface area contributed by atoms with Gasteiger partial charge in [-0.25, -0.2) is 4.79 Å². The highest BCUT2D eigenvalue weighted by Crippen LogP contribution is 2.26. The Hall–Kier alpha value is -2.11. The van der Waals surface area contributed by atoms with Crippen LogP contribution in [0.1, 0.15) is 53.9 Å². The largest absolute Gasteiger partial charge is 0.462 e. The summed E-state index contributed by atoms with van der Waals surface area (Å²) in [6.07, 6.45) is 0. The standard InChI is InChI=1S/C22H27ClN2O2S/c1-6-27-21(26)18-12-16(8-10-19(18)23)24-22(28)25-20(13(2)3)17-9-7-14(4)11-15(17)5/h7-13,20H,6H2,1-5H3,(H2,24,25,28)/t20-/m0/s1. The molecule has 2 aromatic carbocycles. The maximum atomic E-state index is 12.0. The number of ether oxygens (including phenoxy) is 1. The van der Waals surface area contributed by atoms with Crippen LogP contribution in [0.5, 0.6) is 0 Å². The molecule has 2 rings (SSSR count). The number of thiocarbonyl (C=S) groups is 1. The second kappa shape index (κ2) is 9.89. The maximum absolute atomic E-state index is 12.0. The lowest BCUT2D eigenvalue weighted by Gasteiger charge is -2.26. The van der Waals surface area contributed by atoms with E-state index in [0.29, 0.717) is 33.9 Å². The van der Waals surface area contributed by atoms with Crippen LogP contribution >= 0.6 is 23.8 Å². The Balaban J connectivity index is 2.17. The number of anilines is 1. The minimum absolute atomic E-state index is 0.0671. The molecule has 150 valence electrons. The number of aryl methyl sites for hydroxylation is 2. The number of rotatable bonds is 6. The van der Waals surface area contributed by atoms with Crippen LogP contribution in [0.4, 0.5) is 5.69 Å². The molecule has 0 amide bonds. The average Bonchev–Trinajstić information content (AvgIpc) is 2.62. The van der Waals surface area contributed by atoms with E-state index in [0.717, 1.165) is 0 Å². The first-order valence-electron chi connectivity index (χ1n) is 9.34. The molecule has 28 heavy (non-hydrogen) atoms. The van der Waals surface area contributed by atoms with Crippen molar-refractivity contribution < 1.29 is 9.53 Å². The lowest BCUT2D eigenvalue weighted by Crippen LogP contribution is -2.35. The maximum Gasteiger partial charge on any atom is 0.339 e. The van der Waals surface area contributed by atoms with Crippen LogP contribution in [0.2, 0.25) is 5.02 Å². The minimum Gasteiger partial charge on any atom is -0.462 e. The lowest BCUT2D eigenvalue weighted by molar-refractivity contribution is 0.0526. The SMILES string of the molecule is CCOC(=O)c1cc(NC(=S)N[C@H](c2ccc(C)cc2C)C(C)C)ccc1Cl. The summed E-state index contributed by atoms with van der Waals surface area (Å²) in [6.45, 7) is 10.6. The Bertz CT molecular complexity index is 868. The van der Waals surface area contributed by atoms with Gasteiger partial charge in [-0.3, -0.25) is 0 Å². The number of nitrogens with one attached hydrogen (secondary N) is 2. The first kappa shape index (κ1) is 22.2. The predicted octanol–water partition coefficient (Wildman–Crippen LogP) is 5.82. The quantitative estimate of drug-likeness (QED) is 0.457. The van der Waals surface area contributed by atoms with Gasteiger partial charge in [0.1, 0.15) is 0 Å². The van der Waals surface area contributed by atoms with E-state index in [9.17, 15) is 4.79 Å². The molecule has 2 aromatic rings. The summed E-state index contributed by atoms with van der Waals surface area (Å²) in [5.41, 5.74) is 4.66. The second-order valence-electron chi connectivity index (χ2n) is 7.10. The molecule has 1 atom stereocenters. The third kappa shape index (κ3) is 5.69. The van der Waals surface area contributed by atoms with Gasteiger partial charge in [0.2, 0.25) is 0 Å². The summed E-state index contributed by atoms with van der Waals surface area (Å²) in [4.78, 5) is 12.0. The van der Waals surface area contributed by atoms with Crippen LogP contribution in [-0.4, -0.2) is 17.7 Å². The Morgan fingerprint density at radius 2 is 1.89 bits per heavy atom. The van der Waals surface area contributed by atoms with E-state index in [-0.39, 0.29) is 6.04 Å². The molecule has 0 bridgehead atoms. The van der Waals surface area contributed by atoms with Gasteiger partial charge in [0.15, 0.2) is 5.11 Å². The van der Waals surface area contributed by atoms with Crippen molar-refractivity contribution in [2.75, 3.05) is 11.9 Å². The summed E-state index contributed by atoms with van der Waals surface area (Å²) in [7, 11) is 0. The van der Waals surface area contributed by atoms with Gasteiger partial charge in [-0.15, -0.1) is 0 Å². The van der Waals surface area contributed by atoms with E-state index < -0.39 is 5.97 Å². The topological polar surface area (TPSA) is 50.4 Å². The van der Waals surface area contributed by atoms with Crippen LogP contribution in [0, 0.1) is 19.8 Å². The number of halogens is 1. The first-order chi connectivity index (χ1) is 13.2. The molecule has 0 fully saturated rings. The molecule has 0 aliphatic heterocycles. The van der Waals surface area contributed by atoms with Crippen molar-refractivity contribution in [1.82, 2.24) is 5.32 Å². The molecular weight excluding hydrogens is 392 g/mol. The van der Waals surface area contributed by atoms with Gasteiger partial charge in [0, 0.05) is 5.69 Å². The Morgan fingerprint density at radius 3 is 2.50 bits per heavy atom. The van der Waals surface area contributed by atoms with Crippen molar-refractivity contribution in [2.45, 2.75) is 40.7 Å². The predicted molar refractivity (Wildman–Crippen MR) is 120 cm³/mol. The number of esters is 1. The number of hydrogen-bond donors (Lipinski definition) is 2. The van der Waals surface area contributed by atoms with Crippen molar-refractivity contribution in [2.24, 2.45) is 5.92 Å². The van der Waals surface area contributed by atoms with Crippen LogP contribution < -0.4 is 10.6 Å². The van der Waals surface area contributed by atoms with Gasteiger partial charge in [0.25, 0.3) is 0 Å². The molecule has 0 aliphatic carbocycles. The highest BCUT2D eigenvalue weighted by molar-refractivity contribution is 7.80. The van der Waals surface area contributed by atoms with Gasteiger partial charge in [-0.1, -0.05) is 49.2 Å². The lowest BCUT2D eigenvalue weighted by atomic mass is 9.92. The van der Waals surface area contributed by atoms with Crippen molar-refractivity contribution in [3.8, 4) is 0 Å². The van der Waals surface area contributed by atoms with E-state index >= 15 is 0 Å². The van der Waals surface area contributed by atoms with Crippen LogP contribution in [0.3, 0.4) is 0 Å². The van der Waals surface area contributed by atoms with Gasteiger partial charge < -0.3 is 15.4 Å². The van der Waals surface area contributed by atoms with E-state index in [1.54, 1.807) is 25.1 Å². The molecule has 0 saturated carbocycles. The van der Waals surface area contributed by atoms with E-state index in [1.165, 1.54) is 16.7 Å². The average molecular weight is 419 g/mol. The number of benzene rings is 2. The fraction of sp³-hybridized carbons (Fsp3) is 0.364. The molecule has 0 radical (unpaired) electrons. The van der Waals surface area contributed by atoms with E-state index in [1.807, 2.05) is 0 Å². The summed E-state index contributed by atoms with van der Waals surface area (Å²) < 4.78 is 5.05. The Kier molecular flexibility index (Phi) is 7.84. The van der Waals surface area contributed by atoms with E-state index in [2.05, 4.69) is 56.5 Å². The Morgan fingerprint density at radius 1 is 1.18 bits per heavy atom. The van der Waals surface area contributed by atoms with Crippen molar-refractivity contribution in [3.05, 3.63) is 63.7 Å². The summed E-state index contributed by atoms with van der Waals surface area (Å²) in [5.74, 6) is -0.119. The van der Waals surface area contributed by atoms with Crippen molar-refractivity contribution in [1.29, 1.82) is 0 Å². The highest BCUT2D eigenvalue weighted by atomic mass is 35.5. The van der Waals surface area contributed by atoms with Crippen LogP contribution in [-0.2, 0) is 4.74 Å². The summed E-state index contributed by atoms with van der Waals surface area (Å²) >= 11 is 11.6. The molecule has 0 saturated heterocycles. The number of carbonyl (C=O) groups excluding carboxylic acids is 1. The molecule has 0 aliphatic rings. The highest BCUT2D eigenvalue weighted by Gasteiger charge is 2.19. The molecule has 0 unspecified atom stereocenters. The zero-order valence-corrected chi connectivity index (χ0v) is 18.5. The molecule has 4 nitrogen and oxygen atoms in total. The third-order valence-corrected chi connectivity index (χ3v) is 4.98. The smallest absolute Gasteiger partial charge is 0.339 e. The minimum atomic E-state index is -0.453. The zero-order chi connectivity index (χ0) is 20.8. The van der Waals surface area contributed by atoms with Crippen LogP contribution in [0.15, 0.2) is 36.4 Å². The summed E-state index contributed by atoms with van der Waals surface area (Å²) in [6, 6.07) is 11.6. The second-order valence-corrected chi connectivity index (χ2v) is 7.91. The monoisotopic (exact) mass is 418 g/mol. The fourth-order valence-corrected chi connectivity index (χ4v) is 3.49. The molecule has 2 N–H and O–H groups in total. The van der Waals surface area contributed by atoms with Crippen LogP contribution in [0.25, 0.3) is 0 Å².